The molecular weight excluding hydrogens is 331 g/mol. The largest absolute Gasteiger partial charge is 0.353 e. The fourth-order valence-electron chi connectivity index (χ4n) is 4.11. The molecule has 0 unspecified atom stereocenters. The van der Waals surface area contributed by atoms with Crippen LogP contribution < -0.4 is 5.32 Å². The number of hydrogen-bond acceptors (Lipinski definition) is 2. The first-order valence-electron chi connectivity index (χ1n) is 9.96. The molecule has 1 aromatic rings. The first-order chi connectivity index (χ1) is 12.6. The molecule has 0 aromatic heterocycles. The summed E-state index contributed by atoms with van der Waals surface area (Å²) in [6.07, 6.45) is 9.71. The quantitative estimate of drug-likeness (QED) is 0.865. The minimum Gasteiger partial charge on any atom is -0.353 e. The third-order valence-corrected chi connectivity index (χ3v) is 5.74. The lowest BCUT2D eigenvalue weighted by Gasteiger charge is -2.32. The predicted octanol–water partition coefficient (Wildman–Crippen LogP) is 3.91. The number of carbonyl (C=O) groups is 2. The van der Waals surface area contributed by atoms with E-state index in [9.17, 15) is 14.0 Å². The second-order valence-electron chi connectivity index (χ2n) is 7.68. The molecule has 3 rings (SSSR count). The predicted molar refractivity (Wildman–Crippen MR) is 99.3 cm³/mol. The Labute approximate surface area is 155 Å². The number of nitrogens with one attached hydrogen (secondary N) is 1. The fourth-order valence-corrected chi connectivity index (χ4v) is 4.11. The number of piperidine rings is 1. The van der Waals surface area contributed by atoms with Gasteiger partial charge in [0, 0.05) is 31.1 Å². The lowest BCUT2D eigenvalue weighted by atomic mass is 9.86. The van der Waals surface area contributed by atoms with Gasteiger partial charge in [0.2, 0.25) is 5.91 Å². The summed E-state index contributed by atoms with van der Waals surface area (Å²) in [5.74, 6) is 0.479. The molecule has 4 nitrogen and oxygen atoms in total. The summed E-state index contributed by atoms with van der Waals surface area (Å²) in [4.78, 5) is 26.4. The minimum absolute atomic E-state index is 0.0629. The number of halogens is 1. The topological polar surface area (TPSA) is 49.4 Å². The molecule has 1 aliphatic carbocycles. The van der Waals surface area contributed by atoms with Crippen LogP contribution in [-0.2, 0) is 4.79 Å². The lowest BCUT2D eigenvalue weighted by molar-refractivity contribution is -0.122. The van der Waals surface area contributed by atoms with Crippen LogP contribution in [0.15, 0.2) is 24.3 Å². The van der Waals surface area contributed by atoms with Crippen LogP contribution in [-0.4, -0.2) is 35.8 Å². The summed E-state index contributed by atoms with van der Waals surface area (Å²) >= 11 is 0. The molecule has 1 N–H and O–H groups in total. The molecule has 2 aliphatic rings. The normalized spacial score (nSPS) is 19.3. The number of benzene rings is 1. The van der Waals surface area contributed by atoms with E-state index in [0.29, 0.717) is 25.1 Å². The zero-order chi connectivity index (χ0) is 18.4. The number of rotatable bonds is 5. The molecule has 1 saturated carbocycles. The maximum Gasteiger partial charge on any atom is 0.253 e. The molecule has 0 bridgehead atoms. The van der Waals surface area contributed by atoms with E-state index < -0.39 is 0 Å². The summed E-state index contributed by atoms with van der Waals surface area (Å²) in [6.45, 7) is 1.26. The van der Waals surface area contributed by atoms with Crippen LogP contribution in [0.4, 0.5) is 4.39 Å². The first kappa shape index (κ1) is 18.9. The maximum atomic E-state index is 13.0. The van der Waals surface area contributed by atoms with Crippen molar-refractivity contribution in [1.82, 2.24) is 10.2 Å². The highest BCUT2D eigenvalue weighted by Gasteiger charge is 2.25. The Balaban J connectivity index is 1.38. The second-order valence-corrected chi connectivity index (χ2v) is 7.68. The minimum atomic E-state index is -0.337. The van der Waals surface area contributed by atoms with Gasteiger partial charge in [-0.05, 0) is 49.4 Å². The van der Waals surface area contributed by atoms with Crippen LogP contribution in [0.2, 0.25) is 0 Å². The van der Waals surface area contributed by atoms with E-state index in [4.69, 9.17) is 0 Å². The van der Waals surface area contributed by atoms with Gasteiger partial charge < -0.3 is 10.2 Å². The molecule has 2 amide bonds. The number of carbonyl (C=O) groups excluding carboxylic acids is 2. The molecule has 26 heavy (non-hydrogen) atoms. The van der Waals surface area contributed by atoms with E-state index in [0.717, 1.165) is 25.2 Å². The highest BCUT2D eigenvalue weighted by atomic mass is 19.1. The molecule has 1 aliphatic heterocycles. The number of nitrogens with zero attached hydrogens (tertiary/aromatic N) is 1. The van der Waals surface area contributed by atoms with Crippen LogP contribution >= 0.6 is 0 Å². The lowest BCUT2D eigenvalue weighted by Crippen LogP contribution is -2.46. The van der Waals surface area contributed by atoms with Crippen molar-refractivity contribution >= 4 is 11.8 Å². The molecule has 0 atom stereocenters. The smallest absolute Gasteiger partial charge is 0.253 e. The summed E-state index contributed by atoms with van der Waals surface area (Å²) in [5.41, 5.74) is 0.515. The standard InChI is InChI=1S/C21H29FN2O2/c22-18-9-7-17(8-10-18)21(26)24-14-12-19(13-15-24)23-20(25)11-6-16-4-2-1-3-5-16/h7-10,16,19H,1-6,11-15H2,(H,23,25). The van der Waals surface area contributed by atoms with Crippen molar-refractivity contribution in [1.29, 1.82) is 0 Å². The van der Waals surface area contributed by atoms with Crippen molar-refractivity contribution in [3.8, 4) is 0 Å². The van der Waals surface area contributed by atoms with Crippen molar-refractivity contribution in [2.24, 2.45) is 5.92 Å². The Morgan fingerprint density at radius 1 is 1.00 bits per heavy atom. The maximum absolute atomic E-state index is 13.0. The van der Waals surface area contributed by atoms with E-state index in [-0.39, 0.29) is 23.7 Å². The molecule has 0 spiro atoms. The molecule has 0 radical (unpaired) electrons. The first-order valence-corrected chi connectivity index (χ1v) is 9.96. The molecule has 1 aromatic carbocycles. The number of hydrogen-bond donors (Lipinski definition) is 1. The summed E-state index contributed by atoms with van der Waals surface area (Å²) in [7, 11) is 0. The van der Waals surface area contributed by atoms with Gasteiger partial charge in [0.25, 0.3) is 5.91 Å². The van der Waals surface area contributed by atoms with Gasteiger partial charge in [-0.1, -0.05) is 32.1 Å². The fraction of sp³-hybridized carbons (Fsp3) is 0.619. The molecule has 142 valence electrons. The highest BCUT2D eigenvalue weighted by molar-refractivity contribution is 5.94. The van der Waals surface area contributed by atoms with Crippen LogP contribution in [0.3, 0.4) is 0 Å². The van der Waals surface area contributed by atoms with Gasteiger partial charge in [-0.2, -0.15) is 0 Å². The number of amides is 2. The Morgan fingerprint density at radius 2 is 1.65 bits per heavy atom. The van der Waals surface area contributed by atoms with E-state index >= 15 is 0 Å². The number of likely N-dealkylation sites (tertiary alicyclic amines) is 1. The van der Waals surface area contributed by atoms with Crippen molar-refractivity contribution in [3.63, 3.8) is 0 Å². The molecular formula is C21H29FN2O2. The van der Waals surface area contributed by atoms with Gasteiger partial charge in [0.15, 0.2) is 0 Å². The molecule has 5 heteroatoms. The van der Waals surface area contributed by atoms with Crippen molar-refractivity contribution < 1.29 is 14.0 Å². The van der Waals surface area contributed by atoms with Crippen LogP contribution in [0, 0.1) is 11.7 Å². The van der Waals surface area contributed by atoms with Gasteiger partial charge in [-0.15, -0.1) is 0 Å². The van der Waals surface area contributed by atoms with Crippen molar-refractivity contribution in [2.75, 3.05) is 13.1 Å². The van der Waals surface area contributed by atoms with Crippen molar-refractivity contribution in [3.05, 3.63) is 35.6 Å². The Bertz CT molecular complexity index is 603. The van der Waals surface area contributed by atoms with Crippen LogP contribution in [0.25, 0.3) is 0 Å². The molecule has 1 heterocycles. The third kappa shape index (κ3) is 5.29. The third-order valence-electron chi connectivity index (χ3n) is 5.74. The average Bonchev–Trinajstić information content (AvgIpc) is 2.68. The average molecular weight is 360 g/mol. The van der Waals surface area contributed by atoms with Gasteiger partial charge in [-0.25, -0.2) is 4.39 Å². The van der Waals surface area contributed by atoms with Gasteiger partial charge >= 0.3 is 0 Å². The Hall–Kier alpha value is -1.91. The van der Waals surface area contributed by atoms with E-state index in [1.165, 1.54) is 56.4 Å². The summed E-state index contributed by atoms with van der Waals surface area (Å²) in [6, 6.07) is 5.83. The van der Waals surface area contributed by atoms with Crippen LogP contribution in [0.5, 0.6) is 0 Å². The monoisotopic (exact) mass is 360 g/mol. The van der Waals surface area contributed by atoms with E-state index in [1.807, 2.05) is 0 Å². The van der Waals surface area contributed by atoms with Gasteiger partial charge in [-0.3, -0.25) is 9.59 Å². The SMILES string of the molecule is O=C(CCC1CCCCC1)NC1CCN(C(=O)c2ccc(F)cc2)CC1. The highest BCUT2D eigenvalue weighted by Crippen LogP contribution is 2.27. The molecule has 2 fully saturated rings. The zero-order valence-corrected chi connectivity index (χ0v) is 15.4. The Kier molecular flexibility index (Phi) is 6.64. The Morgan fingerprint density at radius 3 is 2.31 bits per heavy atom. The second kappa shape index (κ2) is 9.15. The zero-order valence-electron chi connectivity index (χ0n) is 15.4. The van der Waals surface area contributed by atoms with Gasteiger partial charge in [0.1, 0.15) is 5.82 Å². The van der Waals surface area contributed by atoms with E-state index in [1.54, 1.807) is 4.90 Å². The van der Waals surface area contributed by atoms with Crippen LogP contribution in [0.1, 0.15) is 68.1 Å². The van der Waals surface area contributed by atoms with E-state index in [2.05, 4.69) is 5.32 Å². The summed E-state index contributed by atoms with van der Waals surface area (Å²) in [5, 5.41) is 3.14. The summed E-state index contributed by atoms with van der Waals surface area (Å²) < 4.78 is 13.0. The van der Waals surface area contributed by atoms with Gasteiger partial charge in [0.05, 0.1) is 0 Å². The van der Waals surface area contributed by atoms with Crippen molar-refractivity contribution in [2.45, 2.75) is 63.8 Å². The molecule has 1 saturated heterocycles.